The van der Waals surface area contributed by atoms with E-state index in [4.69, 9.17) is 9.05 Å². The lowest BCUT2D eigenvalue weighted by molar-refractivity contribution is -0.870. The van der Waals surface area contributed by atoms with Crippen LogP contribution in [0, 0.1) is 0 Å². The summed E-state index contributed by atoms with van der Waals surface area (Å²) in [5, 5.41) is 13.9. The summed E-state index contributed by atoms with van der Waals surface area (Å²) in [6.45, 7) is 4.60. The van der Waals surface area contributed by atoms with Crippen LogP contribution in [0.2, 0.25) is 0 Å². The minimum atomic E-state index is -4.57. The molecular weight excluding hydrogens is 816 g/mol. The highest BCUT2D eigenvalue weighted by Gasteiger charge is 2.24. The van der Waals surface area contributed by atoms with Crippen LogP contribution >= 0.6 is 7.82 Å². The number of likely N-dealkylation sites (N-methyl/N-ethyl adjacent to an activating group) is 1. The van der Waals surface area contributed by atoms with Crippen LogP contribution in [0.3, 0.4) is 0 Å². The van der Waals surface area contributed by atoms with Gasteiger partial charge in [-0.3, -0.25) is 9.36 Å². The molecule has 0 aromatic rings. The maximum atomic E-state index is 12.9. The molecule has 8 nitrogen and oxygen atoms in total. The standard InChI is InChI=1S/C55H103N2O6P/c1-6-8-10-12-14-16-18-19-20-21-22-23-24-25-26-27-28-29-30-31-32-33-34-35-36-37-39-41-43-45-47-49-55(59)56-53(52-63-64(60,61)62-51-50-57(3,4)5)54(58)48-46-44-42-40-38-17-15-13-11-9-7-2/h8,10,14,16,19-20,22-23,25-26,53-54,58H,6-7,9,11-13,15,17-18,21,24,27-52H2,1-5H3,(H-,56,59,60,61)/b10-8-,16-14-,20-19-,23-22-,26-25-. The normalized spacial score (nSPS) is 14.5. The van der Waals surface area contributed by atoms with E-state index in [-0.39, 0.29) is 19.1 Å². The van der Waals surface area contributed by atoms with E-state index in [9.17, 15) is 19.4 Å². The van der Waals surface area contributed by atoms with Crippen LogP contribution in [0.25, 0.3) is 0 Å². The number of carbonyl (C=O) groups is 1. The van der Waals surface area contributed by atoms with Gasteiger partial charge in [0.15, 0.2) is 0 Å². The Bertz CT molecular complexity index is 1230. The molecule has 9 heteroatoms. The number of quaternary nitrogens is 1. The van der Waals surface area contributed by atoms with E-state index in [0.29, 0.717) is 23.9 Å². The van der Waals surface area contributed by atoms with Crippen molar-refractivity contribution >= 4 is 13.7 Å². The van der Waals surface area contributed by atoms with Gasteiger partial charge < -0.3 is 28.8 Å². The number of allylic oxidation sites excluding steroid dienone is 10. The van der Waals surface area contributed by atoms with Gasteiger partial charge in [0.05, 0.1) is 39.9 Å². The molecule has 0 aliphatic heterocycles. The second-order valence-electron chi connectivity index (χ2n) is 19.2. The minimum absolute atomic E-state index is 0.0112. The molecule has 0 bridgehead atoms. The number of hydrogen-bond acceptors (Lipinski definition) is 6. The van der Waals surface area contributed by atoms with Crippen LogP contribution in [-0.2, 0) is 18.4 Å². The molecular formula is C55H103N2O6P. The second kappa shape index (κ2) is 46.3. The van der Waals surface area contributed by atoms with Crippen molar-refractivity contribution in [3.05, 3.63) is 60.8 Å². The molecule has 0 aromatic carbocycles. The van der Waals surface area contributed by atoms with Crippen molar-refractivity contribution in [1.29, 1.82) is 0 Å². The van der Waals surface area contributed by atoms with Crippen LogP contribution < -0.4 is 10.2 Å². The Hall–Kier alpha value is -1.80. The van der Waals surface area contributed by atoms with Gasteiger partial charge in [-0.2, -0.15) is 0 Å². The number of aliphatic hydroxyl groups is 1. The lowest BCUT2D eigenvalue weighted by atomic mass is 10.0. The fraction of sp³-hybridized carbons (Fsp3) is 0.800. The Morgan fingerprint density at radius 1 is 0.562 bits per heavy atom. The predicted molar refractivity (Wildman–Crippen MR) is 274 cm³/mol. The molecule has 374 valence electrons. The fourth-order valence-corrected chi connectivity index (χ4v) is 8.32. The molecule has 2 N–H and O–H groups in total. The number of phosphoric ester groups is 1. The lowest BCUT2D eigenvalue weighted by Crippen LogP contribution is -2.46. The SMILES string of the molecule is CC/C=C\C/C=C\C/C=C\C/C=C\C/C=C\CCCCCCCCCCCCCCCCCC(=O)NC(COP(=O)([O-])OCC[N+](C)(C)C)C(O)CCCCCCCCCCCCC. The summed E-state index contributed by atoms with van der Waals surface area (Å²) in [6.07, 6.45) is 61.1. The van der Waals surface area contributed by atoms with Crippen LogP contribution in [0.4, 0.5) is 0 Å². The number of nitrogens with one attached hydrogen (secondary N) is 1. The Morgan fingerprint density at radius 2 is 0.953 bits per heavy atom. The van der Waals surface area contributed by atoms with E-state index >= 15 is 0 Å². The third-order valence-electron chi connectivity index (χ3n) is 11.8. The van der Waals surface area contributed by atoms with E-state index in [1.165, 1.54) is 135 Å². The molecule has 0 saturated heterocycles. The molecule has 0 aliphatic rings. The minimum Gasteiger partial charge on any atom is -0.756 e. The first-order chi connectivity index (χ1) is 31.0. The molecule has 0 fully saturated rings. The van der Waals surface area contributed by atoms with E-state index in [1.54, 1.807) is 0 Å². The molecule has 0 saturated carbocycles. The van der Waals surface area contributed by atoms with Crippen LogP contribution in [0.1, 0.15) is 232 Å². The molecule has 0 spiro atoms. The first-order valence-corrected chi connectivity index (χ1v) is 28.1. The smallest absolute Gasteiger partial charge is 0.268 e. The average Bonchev–Trinajstić information content (AvgIpc) is 3.25. The predicted octanol–water partition coefficient (Wildman–Crippen LogP) is 15.1. The molecule has 3 unspecified atom stereocenters. The van der Waals surface area contributed by atoms with Crippen molar-refractivity contribution in [2.45, 2.75) is 244 Å². The Morgan fingerprint density at radius 3 is 1.39 bits per heavy atom. The molecule has 0 radical (unpaired) electrons. The van der Waals surface area contributed by atoms with Crippen LogP contribution in [0.15, 0.2) is 60.8 Å². The first kappa shape index (κ1) is 62.2. The molecule has 64 heavy (non-hydrogen) atoms. The van der Waals surface area contributed by atoms with Gasteiger partial charge in [-0.15, -0.1) is 0 Å². The number of phosphoric acid groups is 1. The van der Waals surface area contributed by atoms with Crippen molar-refractivity contribution < 1.29 is 32.9 Å². The Labute approximate surface area is 396 Å². The van der Waals surface area contributed by atoms with Gasteiger partial charge in [-0.25, -0.2) is 0 Å². The number of hydrogen-bond donors (Lipinski definition) is 2. The average molecular weight is 919 g/mol. The molecule has 0 aliphatic carbocycles. The summed E-state index contributed by atoms with van der Waals surface area (Å²) in [7, 11) is 1.30. The Balaban J connectivity index is 4.04. The summed E-state index contributed by atoms with van der Waals surface area (Å²) >= 11 is 0. The first-order valence-electron chi connectivity index (χ1n) is 26.6. The third kappa shape index (κ3) is 48.1. The highest BCUT2D eigenvalue weighted by Crippen LogP contribution is 2.38. The largest absolute Gasteiger partial charge is 0.756 e. The van der Waals surface area contributed by atoms with Gasteiger partial charge in [0.25, 0.3) is 7.82 Å². The topological polar surface area (TPSA) is 108 Å². The third-order valence-corrected chi connectivity index (χ3v) is 12.7. The van der Waals surface area contributed by atoms with E-state index < -0.39 is 20.0 Å². The molecule has 0 aromatic heterocycles. The quantitative estimate of drug-likeness (QED) is 0.0272. The second-order valence-corrected chi connectivity index (χ2v) is 20.6. The van der Waals surface area contributed by atoms with Gasteiger partial charge in [0.1, 0.15) is 13.2 Å². The summed E-state index contributed by atoms with van der Waals surface area (Å²) < 4.78 is 23.3. The van der Waals surface area contributed by atoms with Gasteiger partial charge >= 0.3 is 0 Å². The van der Waals surface area contributed by atoms with Gasteiger partial charge in [0.2, 0.25) is 5.91 Å². The van der Waals surface area contributed by atoms with Gasteiger partial charge in [0, 0.05) is 6.42 Å². The van der Waals surface area contributed by atoms with Gasteiger partial charge in [-0.1, -0.05) is 229 Å². The number of carbonyl (C=O) groups excluding carboxylic acids is 1. The fourth-order valence-electron chi connectivity index (χ4n) is 7.60. The summed E-state index contributed by atoms with van der Waals surface area (Å²) in [4.78, 5) is 25.4. The molecule has 0 heterocycles. The van der Waals surface area contributed by atoms with Gasteiger partial charge in [-0.05, 0) is 57.8 Å². The maximum absolute atomic E-state index is 12.9. The highest BCUT2D eigenvalue weighted by molar-refractivity contribution is 7.45. The zero-order valence-electron chi connectivity index (χ0n) is 42.5. The van der Waals surface area contributed by atoms with E-state index in [1.807, 2.05) is 21.1 Å². The number of rotatable bonds is 48. The highest BCUT2D eigenvalue weighted by atomic mass is 31.2. The van der Waals surface area contributed by atoms with Crippen molar-refractivity contribution in [1.82, 2.24) is 5.32 Å². The van der Waals surface area contributed by atoms with Crippen LogP contribution in [-0.4, -0.2) is 68.5 Å². The van der Waals surface area contributed by atoms with Crippen LogP contribution in [0.5, 0.6) is 0 Å². The summed E-state index contributed by atoms with van der Waals surface area (Å²) in [5.74, 6) is -0.167. The number of unbranched alkanes of at least 4 members (excludes halogenated alkanes) is 25. The maximum Gasteiger partial charge on any atom is 0.268 e. The van der Waals surface area contributed by atoms with E-state index in [2.05, 4.69) is 79.9 Å². The molecule has 1 amide bonds. The van der Waals surface area contributed by atoms with Crippen molar-refractivity contribution in [3.63, 3.8) is 0 Å². The lowest BCUT2D eigenvalue weighted by Gasteiger charge is -2.30. The summed E-state index contributed by atoms with van der Waals surface area (Å²) in [6, 6.07) is -0.800. The van der Waals surface area contributed by atoms with E-state index in [0.717, 1.165) is 70.6 Å². The molecule has 3 atom stereocenters. The molecule has 0 rings (SSSR count). The number of aliphatic hydroxyl groups excluding tert-OH is 1. The van der Waals surface area contributed by atoms with Crippen molar-refractivity contribution in [2.75, 3.05) is 40.9 Å². The zero-order chi connectivity index (χ0) is 47.1. The monoisotopic (exact) mass is 919 g/mol. The number of nitrogens with zero attached hydrogens (tertiary/aromatic N) is 1. The summed E-state index contributed by atoms with van der Waals surface area (Å²) in [5.41, 5.74) is 0. The zero-order valence-corrected chi connectivity index (χ0v) is 43.4. The Kier molecular flexibility index (Phi) is 45.0. The van der Waals surface area contributed by atoms with Crippen molar-refractivity contribution in [3.8, 4) is 0 Å². The number of amides is 1. The van der Waals surface area contributed by atoms with Crippen molar-refractivity contribution in [2.24, 2.45) is 0 Å².